The van der Waals surface area contributed by atoms with Crippen molar-refractivity contribution in [1.82, 2.24) is 14.4 Å². The minimum atomic E-state index is -5.51. The van der Waals surface area contributed by atoms with Crippen LogP contribution in [0.1, 0.15) is 24.5 Å². The Morgan fingerprint density at radius 3 is 2.54 bits per heavy atom. The van der Waals surface area contributed by atoms with Crippen molar-refractivity contribution in [2.75, 3.05) is 17.2 Å². The summed E-state index contributed by atoms with van der Waals surface area (Å²) < 4.78 is 47.1. The molecule has 3 heterocycles. The Morgan fingerprint density at radius 2 is 1.92 bits per heavy atom. The van der Waals surface area contributed by atoms with E-state index in [4.69, 9.17) is 31.1 Å². The zero-order valence-electron chi connectivity index (χ0n) is 19.6. The Kier molecular flexibility index (Phi) is 10.2. The minimum Gasteiger partial charge on any atom is -0.480 e. The number of nitrogens with two attached hydrogens (primary N) is 2. The Labute approximate surface area is 224 Å². The van der Waals surface area contributed by atoms with Crippen LogP contribution in [-0.4, -0.2) is 98.3 Å². The Balaban J connectivity index is 1.84. The number of carbonyl (C=O) groups is 1. The highest BCUT2D eigenvalue weighted by atomic mass is 32.2. The molecule has 1 fully saturated rings. The monoisotopic (exact) mass is 639 g/mol. The van der Waals surface area contributed by atoms with Crippen molar-refractivity contribution in [2.24, 2.45) is 16.5 Å². The van der Waals surface area contributed by atoms with Crippen LogP contribution in [0, 0.1) is 0 Å². The first-order valence-electron chi connectivity index (χ1n) is 10.8. The molecule has 3 rings (SSSR count). The number of carboxylic acids is 1. The lowest BCUT2D eigenvalue weighted by Gasteiger charge is -2.28. The third-order valence-electron chi connectivity index (χ3n) is 5.44. The number of aromatic nitrogens is 2. The van der Waals surface area contributed by atoms with E-state index in [0.717, 1.165) is 16.6 Å². The number of hydrogen-bond donors (Lipinski definition) is 11. The highest BCUT2D eigenvalue weighted by Crippen LogP contribution is 2.61. The van der Waals surface area contributed by atoms with E-state index in [1.807, 2.05) is 0 Å². The van der Waals surface area contributed by atoms with Gasteiger partial charge in [-0.15, -0.1) is 4.86 Å². The van der Waals surface area contributed by atoms with Crippen LogP contribution in [0.15, 0.2) is 11.3 Å². The van der Waals surface area contributed by atoms with Crippen molar-refractivity contribution in [3.8, 4) is 0 Å². The second-order valence-electron chi connectivity index (χ2n) is 8.43. The molecule has 9 atom stereocenters. The van der Waals surface area contributed by atoms with E-state index in [1.54, 1.807) is 0 Å². The molecular weight excluding hydrogens is 611 g/mol. The molecule has 0 amide bonds. The van der Waals surface area contributed by atoms with Gasteiger partial charge in [-0.1, -0.05) is 0 Å². The summed E-state index contributed by atoms with van der Waals surface area (Å²) in [6.07, 6.45) is -5.57. The average molecular weight is 639 g/mol. The maximum Gasteiger partial charge on any atom is 0.419 e. The van der Waals surface area contributed by atoms with Crippen molar-refractivity contribution >= 4 is 53.0 Å². The second kappa shape index (κ2) is 12.3. The maximum absolute atomic E-state index is 12.7. The third kappa shape index (κ3) is 8.38. The molecule has 24 heteroatoms. The van der Waals surface area contributed by atoms with E-state index in [9.17, 15) is 38.5 Å². The van der Waals surface area contributed by atoms with Gasteiger partial charge in [0.25, 0.3) is 0 Å². The van der Waals surface area contributed by atoms with Gasteiger partial charge in [0.2, 0.25) is 0 Å². The van der Waals surface area contributed by atoms with E-state index in [0.29, 0.717) is 5.69 Å². The first kappa shape index (κ1) is 32.3. The van der Waals surface area contributed by atoms with Gasteiger partial charge in [0.15, 0.2) is 6.23 Å². The van der Waals surface area contributed by atoms with Gasteiger partial charge < -0.3 is 56.4 Å². The van der Waals surface area contributed by atoms with Gasteiger partial charge in [-0.2, -0.15) is 11.8 Å². The summed E-state index contributed by atoms with van der Waals surface area (Å²) in [6.45, 7) is 0. The molecule has 0 saturated carbocycles. The van der Waals surface area contributed by atoms with Crippen LogP contribution >= 0.6 is 34.9 Å². The summed E-state index contributed by atoms with van der Waals surface area (Å²) in [5.41, 5.74) is 11.6. The first-order chi connectivity index (χ1) is 17.9. The van der Waals surface area contributed by atoms with Gasteiger partial charge in [0.05, 0.1) is 18.8 Å². The highest BCUT2D eigenvalue weighted by Gasteiger charge is 2.50. The molecule has 20 nitrogen and oxygen atoms in total. The summed E-state index contributed by atoms with van der Waals surface area (Å²) in [6, 6.07) is -1.30. The lowest BCUT2D eigenvalue weighted by molar-refractivity contribution is -0.138. The lowest BCUT2D eigenvalue weighted by Crippen LogP contribution is -2.39. The molecule has 13 N–H and O–H groups in total. The predicted molar refractivity (Wildman–Crippen MR) is 134 cm³/mol. The van der Waals surface area contributed by atoms with Crippen LogP contribution in [0.2, 0.25) is 0 Å². The zero-order valence-corrected chi connectivity index (χ0v) is 23.1. The molecule has 2 aliphatic heterocycles. The number of aliphatic imine (C=N–C) groups is 1. The molecule has 1 saturated heterocycles. The molecule has 1 aromatic rings. The van der Waals surface area contributed by atoms with Gasteiger partial charge in [0, 0.05) is 5.25 Å². The normalized spacial score (nSPS) is 29.6. The molecule has 0 aromatic carbocycles. The number of nitrogens with one attached hydrogen (secondary N) is 2. The predicted octanol–water partition coefficient (Wildman–Crippen LogP) is -2.20. The number of fused-ring (bicyclic) bond motifs is 1. The summed E-state index contributed by atoms with van der Waals surface area (Å²) in [7, 11) is -16.0. The number of anilines is 1. The number of thioether (sulfide) groups is 1. The van der Waals surface area contributed by atoms with E-state index in [1.165, 1.54) is 17.2 Å². The Morgan fingerprint density at radius 1 is 1.26 bits per heavy atom. The average Bonchev–Trinajstić information content (AvgIpc) is 3.32. The quantitative estimate of drug-likeness (QED) is 0.102. The fourth-order valence-corrected chi connectivity index (χ4v) is 9.94. The standard InChI is InChI=1S/C15H28N7O13P3S/c16-6(15(25)26)1-2-39-7(3-36(27,28)35-38(32,33)21-37(29,30)31)11-9(23)10(24)14(34-11)22-5-20-8-12(17)18-4-19-13(8)22/h4-7,9-12,14,23-24H,1-3,16-17H2,(H,18,19)(H,25,26)(H,27,28)(H4,21,29,30,31,32,33)/t6?,7?,9-,10+,11+,12?,14+/m0/s1. The topological polar surface area (TPSA) is 335 Å². The first-order valence-corrected chi connectivity index (χ1v) is 16.8. The molecule has 0 spiro atoms. The van der Waals surface area contributed by atoms with Crippen LogP contribution < -0.4 is 21.6 Å². The number of aliphatic carboxylic acids is 1. The molecule has 0 bridgehead atoms. The van der Waals surface area contributed by atoms with Crippen LogP contribution in [0.25, 0.3) is 0 Å². The van der Waals surface area contributed by atoms with Crippen molar-refractivity contribution in [3.05, 3.63) is 12.0 Å². The van der Waals surface area contributed by atoms with Gasteiger partial charge in [-0.3, -0.25) is 18.9 Å². The number of rotatable bonds is 13. The summed E-state index contributed by atoms with van der Waals surface area (Å²) >= 11 is 0.786. The third-order valence-corrected chi connectivity index (χ3v) is 11.8. The SMILES string of the molecule is NC(CCSC(CP(=O)(O)OP(=O)(O)NP(=O)(O)O)[C@H]1O[C@@H](n2cnc3c2NC=NC3N)[C@H](O)[C@@H]1O)C(=O)O. The van der Waals surface area contributed by atoms with Gasteiger partial charge in [-0.25, -0.2) is 18.4 Å². The maximum atomic E-state index is 12.7. The largest absolute Gasteiger partial charge is 0.480 e. The minimum absolute atomic E-state index is 0.0731. The Bertz CT molecular complexity index is 1230. The summed E-state index contributed by atoms with van der Waals surface area (Å²) in [5, 5.41) is 32.0. The fourth-order valence-electron chi connectivity index (χ4n) is 3.74. The van der Waals surface area contributed by atoms with E-state index in [2.05, 4.69) is 19.6 Å². The lowest BCUT2D eigenvalue weighted by atomic mass is 10.1. The number of ether oxygens (including phenoxy) is 1. The number of aliphatic hydroxyl groups excluding tert-OH is 2. The number of aliphatic hydroxyl groups is 2. The number of hydrogen-bond acceptors (Lipinski definition) is 14. The number of carboxylic acid groups (broad SMARTS) is 1. The molecule has 222 valence electrons. The van der Waals surface area contributed by atoms with Crippen LogP contribution in [-0.2, 0) is 27.5 Å². The van der Waals surface area contributed by atoms with Gasteiger partial charge in [0.1, 0.15) is 42.0 Å². The molecule has 0 radical (unpaired) electrons. The molecule has 39 heavy (non-hydrogen) atoms. The van der Waals surface area contributed by atoms with E-state index in [-0.39, 0.29) is 18.0 Å². The smallest absolute Gasteiger partial charge is 0.419 e. The van der Waals surface area contributed by atoms with Crippen molar-refractivity contribution in [2.45, 2.75) is 48.4 Å². The summed E-state index contributed by atoms with van der Waals surface area (Å²) in [4.78, 5) is 57.6. The van der Waals surface area contributed by atoms with Gasteiger partial charge >= 0.3 is 29.1 Å². The van der Waals surface area contributed by atoms with E-state index < -0.39 is 77.2 Å². The van der Waals surface area contributed by atoms with Crippen molar-refractivity contribution in [3.63, 3.8) is 0 Å². The molecule has 0 aliphatic carbocycles. The second-order valence-corrected chi connectivity index (χ2v) is 15.0. The van der Waals surface area contributed by atoms with E-state index >= 15 is 0 Å². The molecule has 5 unspecified atom stereocenters. The van der Waals surface area contributed by atoms with Crippen LogP contribution in [0.4, 0.5) is 5.82 Å². The number of imidazole rings is 1. The molecule has 1 aromatic heterocycles. The highest BCUT2D eigenvalue weighted by molar-refractivity contribution is 8.00. The fraction of sp³-hybridized carbons (Fsp3) is 0.667. The molecule has 2 aliphatic rings. The van der Waals surface area contributed by atoms with Crippen molar-refractivity contribution < 1.29 is 62.4 Å². The van der Waals surface area contributed by atoms with Crippen LogP contribution in [0.3, 0.4) is 0 Å². The molecular formula is C15H28N7O13P3S. The Hall–Kier alpha value is -1.25. The van der Waals surface area contributed by atoms with Crippen molar-refractivity contribution in [1.29, 1.82) is 0 Å². The number of nitrogens with zero attached hydrogens (tertiary/aromatic N) is 3. The van der Waals surface area contributed by atoms with Gasteiger partial charge in [-0.05, 0) is 12.2 Å². The van der Waals surface area contributed by atoms with Crippen LogP contribution in [0.5, 0.6) is 0 Å². The zero-order chi connectivity index (χ0) is 29.3. The summed E-state index contributed by atoms with van der Waals surface area (Å²) in [5.74, 6) is -1.11.